The number of amides is 1. The summed E-state index contributed by atoms with van der Waals surface area (Å²) in [6.45, 7) is 9.54. The Kier molecular flexibility index (Phi) is 7.96. The van der Waals surface area contributed by atoms with Gasteiger partial charge in [0, 0.05) is 56.9 Å². The number of aromatic nitrogens is 2. The standard InChI is InChI=1S/C28H31N5O2/c1-3-32(4-2)28(35)26-14-15-27(30-29-26)33-18-16-31(17-19-33)21-24-10-6-5-9-23(24)13-12-22-8-7-11-25(34)20-22/h5-11,14-15,20,34H,3-4,16-19,21H2,1-2H3. The fourth-order valence-corrected chi connectivity index (χ4v) is 4.16. The maximum Gasteiger partial charge on any atom is 0.274 e. The lowest BCUT2D eigenvalue weighted by Gasteiger charge is -2.35. The maximum absolute atomic E-state index is 12.5. The molecule has 0 radical (unpaired) electrons. The zero-order valence-electron chi connectivity index (χ0n) is 20.3. The molecule has 0 spiro atoms. The predicted molar refractivity (Wildman–Crippen MR) is 137 cm³/mol. The van der Waals surface area contributed by atoms with Gasteiger partial charge < -0.3 is 14.9 Å². The van der Waals surface area contributed by atoms with E-state index in [4.69, 9.17) is 0 Å². The SMILES string of the molecule is CCN(CC)C(=O)c1ccc(N2CCN(Cc3ccccc3C#Cc3cccc(O)c3)CC2)nn1. The van der Waals surface area contributed by atoms with Crippen LogP contribution in [0.5, 0.6) is 5.75 Å². The van der Waals surface area contributed by atoms with Gasteiger partial charge in [-0.1, -0.05) is 36.1 Å². The maximum atomic E-state index is 12.5. The molecule has 0 bridgehead atoms. The van der Waals surface area contributed by atoms with E-state index in [1.165, 1.54) is 5.56 Å². The number of hydrogen-bond acceptors (Lipinski definition) is 6. The number of phenolic OH excluding ortho intramolecular Hbond substituents is 1. The van der Waals surface area contributed by atoms with Gasteiger partial charge in [-0.25, -0.2) is 0 Å². The van der Waals surface area contributed by atoms with Crippen molar-refractivity contribution in [1.29, 1.82) is 0 Å². The Morgan fingerprint density at radius 1 is 0.943 bits per heavy atom. The molecule has 180 valence electrons. The van der Waals surface area contributed by atoms with Gasteiger partial charge in [0.15, 0.2) is 11.5 Å². The third-order valence-electron chi connectivity index (χ3n) is 6.22. The van der Waals surface area contributed by atoms with Crippen LogP contribution in [0.1, 0.15) is 41.0 Å². The molecule has 4 rings (SSSR count). The molecule has 1 N–H and O–H groups in total. The molecule has 1 fully saturated rings. The van der Waals surface area contributed by atoms with Gasteiger partial charge in [0.05, 0.1) is 0 Å². The molecule has 1 aliphatic rings. The fraction of sp³-hybridized carbons (Fsp3) is 0.321. The smallest absolute Gasteiger partial charge is 0.274 e. The summed E-state index contributed by atoms with van der Waals surface area (Å²) in [5, 5.41) is 18.2. The Morgan fingerprint density at radius 3 is 2.40 bits per heavy atom. The van der Waals surface area contributed by atoms with Gasteiger partial charge in [-0.15, -0.1) is 10.2 Å². The molecule has 1 aliphatic heterocycles. The van der Waals surface area contributed by atoms with E-state index in [1.54, 1.807) is 29.2 Å². The first-order chi connectivity index (χ1) is 17.1. The fourth-order valence-electron chi connectivity index (χ4n) is 4.16. The summed E-state index contributed by atoms with van der Waals surface area (Å²) in [4.78, 5) is 18.8. The number of carbonyl (C=O) groups excluding carboxylic acids is 1. The number of benzene rings is 2. The van der Waals surface area contributed by atoms with Crippen molar-refractivity contribution in [1.82, 2.24) is 20.0 Å². The van der Waals surface area contributed by atoms with Gasteiger partial charge in [0.2, 0.25) is 0 Å². The number of anilines is 1. The second kappa shape index (κ2) is 11.5. The summed E-state index contributed by atoms with van der Waals surface area (Å²) in [6.07, 6.45) is 0. The van der Waals surface area contributed by atoms with E-state index in [-0.39, 0.29) is 11.7 Å². The summed E-state index contributed by atoms with van der Waals surface area (Å²) in [5.41, 5.74) is 3.36. The topological polar surface area (TPSA) is 72.8 Å². The largest absolute Gasteiger partial charge is 0.508 e. The van der Waals surface area contributed by atoms with Crippen LogP contribution in [-0.4, -0.2) is 70.3 Å². The van der Waals surface area contributed by atoms with Crippen molar-refractivity contribution in [2.24, 2.45) is 0 Å². The highest BCUT2D eigenvalue weighted by Gasteiger charge is 2.20. The molecule has 2 aromatic carbocycles. The minimum absolute atomic E-state index is 0.0790. The van der Waals surface area contributed by atoms with Crippen LogP contribution >= 0.6 is 0 Å². The summed E-state index contributed by atoms with van der Waals surface area (Å²) in [5.74, 6) is 7.36. The second-order valence-corrected chi connectivity index (χ2v) is 8.47. The molecule has 1 aromatic heterocycles. The molecule has 0 saturated carbocycles. The molecular weight excluding hydrogens is 438 g/mol. The molecule has 1 saturated heterocycles. The van der Waals surface area contributed by atoms with Crippen LogP contribution in [0.3, 0.4) is 0 Å². The van der Waals surface area contributed by atoms with E-state index in [0.717, 1.165) is 49.7 Å². The predicted octanol–water partition coefficient (Wildman–Crippen LogP) is 3.39. The zero-order valence-corrected chi connectivity index (χ0v) is 20.3. The van der Waals surface area contributed by atoms with Crippen LogP contribution in [0.2, 0.25) is 0 Å². The molecule has 0 aliphatic carbocycles. The van der Waals surface area contributed by atoms with Crippen LogP contribution in [-0.2, 0) is 6.54 Å². The normalized spacial score (nSPS) is 13.7. The first-order valence-electron chi connectivity index (χ1n) is 12.1. The highest BCUT2D eigenvalue weighted by molar-refractivity contribution is 5.92. The first-order valence-corrected chi connectivity index (χ1v) is 12.1. The van der Waals surface area contributed by atoms with Crippen LogP contribution in [0, 0.1) is 11.8 Å². The van der Waals surface area contributed by atoms with Crippen molar-refractivity contribution < 1.29 is 9.90 Å². The number of piperazine rings is 1. The number of phenols is 1. The Balaban J connectivity index is 1.36. The van der Waals surface area contributed by atoms with Crippen LogP contribution in [0.25, 0.3) is 0 Å². The van der Waals surface area contributed by atoms with Gasteiger partial charge in [0.25, 0.3) is 5.91 Å². The summed E-state index contributed by atoms with van der Waals surface area (Å²) in [6, 6.07) is 18.9. The van der Waals surface area contributed by atoms with Gasteiger partial charge in [0.1, 0.15) is 5.75 Å². The molecule has 3 aromatic rings. The Hall–Kier alpha value is -3.89. The Morgan fingerprint density at radius 2 is 1.71 bits per heavy atom. The minimum Gasteiger partial charge on any atom is -0.508 e. The number of carbonyl (C=O) groups is 1. The van der Waals surface area contributed by atoms with Crippen LogP contribution in [0.15, 0.2) is 60.7 Å². The highest BCUT2D eigenvalue weighted by atomic mass is 16.3. The minimum atomic E-state index is -0.0790. The number of rotatable bonds is 6. The third-order valence-corrected chi connectivity index (χ3v) is 6.22. The molecule has 2 heterocycles. The average Bonchev–Trinajstić information content (AvgIpc) is 2.89. The van der Waals surface area contributed by atoms with Gasteiger partial charge in [-0.3, -0.25) is 9.69 Å². The van der Waals surface area contributed by atoms with E-state index in [2.05, 4.69) is 37.9 Å². The molecular formula is C28H31N5O2. The van der Waals surface area contributed by atoms with Crippen molar-refractivity contribution in [3.8, 4) is 17.6 Å². The lowest BCUT2D eigenvalue weighted by atomic mass is 10.1. The van der Waals surface area contributed by atoms with Gasteiger partial charge in [-0.2, -0.15) is 0 Å². The molecule has 0 unspecified atom stereocenters. The lowest BCUT2D eigenvalue weighted by molar-refractivity contribution is 0.0766. The van der Waals surface area contributed by atoms with Gasteiger partial charge in [-0.05, 0) is 55.8 Å². The lowest BCUT2D eigenvalue weighted by Crippen LogP contribution is -2.46. The molecule has 7 heteroatoms. The second-order valence-electron chi connectivity index (χ2n) is 8.47. The summed E-state index contributed by atoms with van der Waals surface area (Å²) >= 11 is 0. The van der Waals surface area contributed by atoms with Crippen molar-refractivity contribution in [3.63, 3.8) is 0 Å². The highest BCUT2D eigenvalue weighted by Crippen LogP contribution is 2.17. The Bertz CT molecular complexity index is 1200. The average molecular weight is 470 g/mol. The molecule has 35 heavy (non-hydrogen) atoms. The molecule has 1 amide bonds. The van der Waals surface area contributed by atoms with Gasteiger partial charge >= 0.3 is 0 Å². The van der Waals surface area contributed by atoms with Crippen molar-refractivity contribution in [3.05, 3.63) is 83.0 Å². The third kappa shape index (κ3) is 6.17. The van der Waals surface area contributed by atoms with Crippen molar-refractivity contribution in [2.45, 2.75) is 20.4 Å². The van der Waals surface area contributed by atoms with E-state index >= 15 is 0 Å². The zero-order chi connectivity index (χ0) is 24.6. The quantitative estimate of drug-likeness (QED) is 0.558. The number of aromatic hydroxyl groups is 1. The molecule has 0 atom stereocenters. The van der Waals surface area contributed by atoms with E-state index in [1.807, 2.05) is 44.2 Å². The monoisotopic (exact) mass is 469 g/mol. The van der Waals surface area contributed by atoms with Crippen LogP contribution < -0.4 is 4.90 Å². The molecule has 7 nitrogen and oxygen atoms in total. The van der Waals surface area contributed by atoms with E-state index in [0.29, 0.717) is 18.8 Å². The Labute approximate surface area is 207 Å². The first kappa shape index (κ1) is 24.2. The summed E-state index contributed by atoms with van der Waals surface area (Å²) in [7, 11) is 0. The van der Waals surface area contributed by atoms with Crippen molar-refractivity contribution in [2.75, 3.05) is 44.2 Å². The number of hydrogen-bond donors (Lipinski definition) is 1. The van der Waals surface area contributed by atoms with E-state index < -0.39 is 0 Å². The van der Waals surface area contributed by atoms with E-state index in [9.17, 15) is 9.90 Å². The number of nitrogens with zero attached hydrogens (tertiary/aromatic N) is 5. The van der Waals surface area contributed by atoms with Crippen LogP contribution in [0.4, 0.5) is 5.82 Å². The summed E-state index contributed by atoms with van der Waals surface area (Å²) < 4.78 is 0. The van der Waals surface area contributed by atoms with Crippen molar-refractivity contribution >= 4 is 11.7 Å².